The number of methoxy groups -OCH3 is 1. The molecule has 0 unspecified atom stereocenters. The number of benzene rings is 1. The first kappa shape index (κ1) is 21.9. The lowest BCUT2D eigenvalue weighted by molar-refractivity contribution is -0.140. The molecule has 0 aliphatic carbocycles. The van der Waals surface area contributed by atoms with Gasteiger partial charge in [-0.25, -0.2) is 15.0 Å². The average Bonchev–Trinajstić information content (AvgIpc) is 2.88. The van der Waals surface area contributed by atoms with Crippen LogP contribution >= 0.6 is 0 Å². The topological polar surface area (TPSA) is 67.3 Å². The maximum Gasteiger partial charge on any atom is 0.433 e. The van der Waals surface area contributed by atoms with Gasteiger partial charge in [-0.15, -0.1) is 0 Å². The highest BCUT2D eigenvalue weighted by Gasteiger charge is 2.33. The number of piperazine rings is 1. The summed E-state index contributed by atoms with van der Waals surface area (Å²) in [5, 5.41) is 0.584. The Labute approximate surface area is 193 Å². The summed E-state index contributed by atoms with van der Waals surface area (Å²) >= 11 is 0. The number of rotatable bonds is 4. The third-order valence-electron chi connectivity index (χ3n) is 5.77. The Kier molecular flexibility index (Phi) is 5.64. The maximum absolute atomic E-state index is 13.4. The van der Waals surface area contributed by atoms with Crippen molar-refractivity contribution in [2.24, 2.45) is 0 Å². The summed E-state index contributed by atoms with van der Waals surface area (Å²) in [6, 6.07) is 13.4. The molecule has 4 aromatic rings. The van der Waals surface area contributed by atoms with E-state index >= 15 is 0 Å². The summed E-state index contributed by atoms with van der Waals surface area (Å²) in [4.78, 5) is 21.5. The average molecular weight is 466 g/mol. The lowest BCUT2D eigenvalue weighted by atomic mass is 10.0. The molecule has 34 heavy (non-hydrogen) atoms. The summed E-state index contributed by atoms with van der Waals surface area (Å²) < 4.78 is 45.5. The Morgan fingerprint density at radius 1 is 0.853 bits per heavy atom. The van der Waals surface area contributed by atoms with Gasteiger partial charge in [-0.3, -0.25) is 0 Å². The summed E-state index contributed by atoms with van der Waals surface area (Å²) in [5.41, 5.74) is 0.686. The van der Waals surface area contributed by atoms with Crippen molar-refractivity contribution in [2.75, 3.05) is 43.1 Å². The second-order valence-electron chi connectivity index (χ2n) is 7.83. The van der Waals surface area contributed by atoms with Crippen LogP contribution in [-0.4, -0.2) is 53.2 Å². The van der Waals surface area contributed by atoms with E-state index in [0.29, 0.717) is 54.8 Å². The van der Waals surface area contributed by atoms with E-state index in [9.17, 15) is 13.2 Å². The van der Waals surface area contributed by atoms with Gasteiger partial charge in [-0.2, -0.15) is 18.2 Å². The molecule has 0 N–H and O–H groups in total. The molecule has 0 bridgehead atoms. The molecular formula is C24H21F3N6O. The van der Waals surface area contributed by atoms with Crippen LogP contribution in [0.25, 0.3) is 22.0 Å². The number of pyridine rings is 2. The highest BCUT2D eigenvalue weighted by atomic mass is 19.4. The Balaban J connectivity index is 1.49. The van der Waals surface area contributed by atoms with Gasteiger partial charge in [0.25, 0.3) is 0 Å². The minimum absolute atomic E-state index is 0.282. The van der Waals surface area contributed by atoms with E-state index in [2.05, 4.69) is 24.8 Å². The molecule has 174 valence electrons. The quantitative estimate of drug-likeness (QED) is 0.441. The Hall–Kier alpha value is -3.95. The molecule has 0 spiro atoms. The third-order valence-corrected chi connectivity index (χ3v) is 5.77. The van der Waals surface area contributed by atoms with Crippen LogP contribution in [0.1, 0.15) is 5.69 Å². The van der Waals surface area contributed by atoms with Gasteiger partial charge in [0.2, 0.25) is 11.8 Å². The fourth-order valence-electron chi connectivity index (χ4n) is 4.06. The van der Waals surface area contributed by atoms with Gasteiger partial charge in [-0.05, 0) is 17.7 Å². The molecule has 1 aromatic carbocycles. The molecular weight excluding hydrogens is 445 g/mol. The molecule has 3 aromatic heterocycles. The molecule has 0 saturated carbocycles. The second-order valence-corrected chi connectivity index (χ2v) is 7.83. The van der Waals surface area contributed by atoms with Gasteiger partial charge in [0.05, 0.1) is 12.6 Å². The third kappa shape index (κ3) is 4.18. The van der Waals surface area contributed by atoms with Crippen molar-refractivity contribution in [3.8, 4) is 17.0 Å². The molecule has 1 fully saturated rings. The number of nitrogens with zero attached hydrogens (tertiary/aromatic N) is 6. The van der Waals surface area contributed by atoms with E-state index in [1.807, 2.05) is 35.2 Å². The largest absolute Gasteiger partial charge is 0.481 e. The van der Waals surface area contributed by atoms with E-state index in [1.54, 1.807) is 25.6 Å². The van der Waals surface area contributed by atoms with Crippen LogP contribution in [0.3, 0.4) is 0 Å². The number of aromatic nitrogens is 4. The van der Waals surface area contributed by atoms with Crippen molar-refractivity contribution >= 4 is 22.7 Å². The highest BCUT2D eigenvalue weighted by Crippen LogP contribution is 2.36. The zero-order valence-corrected chi connectivity index (χ0v) is 18.3. The second kappa shape index (κ2) is 8.77. The predicted octanol–water partition coefficient (Wildman–Crippen LogP) is 4.44. The summed E-state index contributed by atoms with van der Waals surface area (Å²) in [7, 11) is 1.55. The minimum Gasteiger partial charge on any atom is -0.481 e. The predicted molar refractivity (Wildman–Crippen MR) is 123 cm³/mol. The first-order chi connectivity index (χ1) is 16.4. The number of ether oxygens (including phenoxy) is 1. The SMILES string of the molecule is COc1ccnc(N2CCN(c3ncc(-c4ccccc4)c4nc(C(F)(F)F)ccc34)CC2)n1. The van der Waals surface area contributed by atoms with Crippen molar-refractivity contribution in [2.45, 2.75) is 6.18 Å². The number of alkyl halides is 3. The van der Waals surface area contributed by atoms with Crippen LogP contribution < -0.4 is 14.5 Å². The summed E-state index contributed by atoms with van der Waals surface area (Å²) in [6.45, 7) is 2.47. The van der Waals surface area contributed by atoms with Crippen molar-refractivity contribution < 1.29 is 17.9 Å². The molecule has 5 rings (SSSR count). The van der Waals surface area contributed by atoms with Crippen molar-refractivity contribution in [3.63, 3.8) is 0 Å². The van der Waals surface area contributed by atoms with Crippen LogP contribution in [-0.2, 0) is 6.18 Å². The molecule has 1 aliphatic rings. The van der Waals surface area contributed by atoms with Gasteiger partial charge in [0.1, 0.15) is 11.5 Å². The molecule has 0 radical (unpaired) electrons. The number of anilines is 2. The molecule has 1 aliphatic heterocycles. The normalized spacial score (nSPS) is 14.5. The van der Waals surface area contributed by atoms with Crippen molar-refractivity contribution in [3.05, 3.63) is 66.6 Å². The lowest BCUT2D eigenvalue weighted by Gasteiger charge is -2.36. The molecule has 0 atom stereocenters. The summed E-state index contributed by atoms with van der Waals surface area (Å²) in [6.07, 6.45) is -1.28. The fraction of sp³-hybridized carbons (Fsp3) is 0.250. The zero-order chi connectivity index (χ0) is 23.7. The Morgan fingerprint density at radius 3 is 2.29 bits per heavy atom. The van der Waals surface area contributed by atoms with Gasteiger partial charge in [0.15, 0.2) is 0 Å². The monoisotopic (exact) mass is 466 g/mol. The summed E-state index contributed by atoms with van der Waals surface area (Å²) in [5.74, 6) is 1.68. The number of halogens is 3. The number of hydrogen-bond acceptors (Lipinski definition) is 7. The van der Waals surface area contributed by atoms with E-state index < -0.39 is 11.9 Å². The Bertz CT molecular complexity index is 1310. The van der Waals surface area contributed by atoms with Crippen LogP contribution in [0.5, 0.6) is 5.88 Å². The smallest absolute Gasteiger partial charge is 0.433 e. The first-order valence-corrected chi connectivity index (χ1v) is 10.7. The highest BCUT2D eigenvalue weighted by molar-refractivity contribution is 5.99. The van der Waals surface area contributed by atoms with Crippen LogP contribution in [0, 0.1) is 0 Å². The van der Waals surface area contributed by atoms with E-state index in [4.69, 9.17) is 4.74 Å². The first-order valence-electron chi connectivity index (χ1n) is 10.7. The Morgan fingerprint density at radius 2 is 1.59 bits per heavy atom. The number of fused-ring (bicyclic) bond motifs is 1. The van der Waals surface area contributed by atoms with Gasteiger partial charge >= 0.3 is 6.18 Å². The van der Waals surface area contributed by atoms with Gasteiger partial charge in [-0.1, -0.05) is 30.3 Å². The van der Waals surface area contributed by atoms with Crippen LogP contribution in [0.4, 0.5) is 24.9 Å². The van der Waals surface area contributed by atoms with Crippen LogP contribution in [0.15, 0.2) is 60.9 Å². The molecule has 7 nitrogen and oxygen atoms in total. The van der Waals surface area contributed by atoms with E-state index in [-0.39, 0.29) is 5.52 Å². The molecule has 10 heteroatoms. The van der Waals surface area contributed by atoms with Gasteiger partial charge in [0, 0.05) is 55.6 Å². The maximum atomic E-state index is 13.4. The van der Waals surface area contributed by atoms with E-state index in [1.165, 1.54) is 6.07 Å². The van der Waals surface area contributed by atoms with E-state index in [0.717, 1.165) is 11.6 Å². The van der Waals surface area contributed by atoms with Crippen LogP contribution in [0.2, 0.25) is 0 Å². The van der Waals surface area contributed by atoms with Gasteiger partial charge < -0.3 is 14.5 Å². The molecule has 1 saturated heterocycles. The fourth-order valence-corrected chi connectivity index (χ4v) is 4.06. The standard InChI is InChI=1S/C24H21F3N6O/c1-34-20-9-10-28-23(31-20)33-13-11-32(12-14-33)22-17-7-8-19(24(25,26)27)30-21(17)18(15-29-22)16-5-3-2-4-6-16/h2-10,15H,11-14H2,1H3. The lowest BCUT2D eigenvalue weighted by Crippen LogP contribution is -2.47. The minimum atomic E-state index is -4.53. The van der Waals surface area contributed by atoms with Crippen molar-refractivity contribution in [1.29, 1.82) is 0 Å². The number of hydrogen-bond donors (Lipinski definition) is 0. The zero-order valence-electron chi connectivity index (χ0n) is 18.3. The molecule has 4 heterocycles. The molecule has 0 amide bonds. The van der Waals surface area contributed by atoms with Crippen molar-refractivity contribution in [1.82, 2.24) is 19.9 Å².